The van der Waals surface area contributed by atoms with Gasteiger partial charge >= 0.3 is 103 Å². The van der Waals surface area contributed by atoms with Crippen LogP contribution in [-0.4, -0.2) is 11.1 Å². The number of aliphatic hydroxyl groups is 1. The summed E-state index contributed by atoms with van der Waals surface area (Å²) in [5, 5.41) is 10.2. The van der Waals surface area contributed by atoms with E-state index in [9.17, 15) is 9.90 Å². The SMILES string of the molecule is CC(=O)[O][Hg][CH2]C(C)(O)c1ccccc1. The standard InChI is InChI=1S/C9H11O.C2H4O2.Hg/c1-9(2,10)8-6-4-3-5-7-8;1-2(3)4;/h3-7,10H,1H2,2H3;1H3,(H,3,4);/q;;+1/p-1. The predicted octanol–water partition coefficient (Wildman–Crippen LogP) is 1.87. The van der Waals surface area contributed by atoms with Gasteiger partial charge in [-0.05, 0) is 0 Å². The van der Waals surface area contributed by atoms with Gasteiger partial charge in [-0.2, -0.15) is 0 Å². The van der Waals surface area contributed by atoms with Gasteiger partial charge in [-0.1, -0.05) is 0 Å². The van der Waals surface area contributed by atoms with Crippen LogP contribution in [0.15, 0.2) is 30.3 Å². The van der Waals surface area contributed by atoms with Gasteiger partial charge in [-0.15, -0.1) is 0 Å². The number of carbonyl (C=O) groups excluding carboxylic acids is 1. The molecule has 0 bridgehead atoms. The maximum atomic E-state index is 10.6. The van der Waals surface area contributed by atoms with E-state index >= 15 is 0 Å². The molecule has 0 aliphatic heterocycles. The van der Waals surface area contributed by atoms with E-state index in [0.717, 1.165) is 5.56 Å². The minimum absolute atomic E-state index is 0.222. The molecule has 0 aromatic heterocycles. The summed E-state index contributed by atoms with van der Waals surface area (Å²) in [4.78, 5) is 10.6. The summed E-state index contributed by atoms with van der Waals surface area (Å²) in [5.74, 6) is -0.222. The van der Waals surface area contributed by atoms with Gasteiger partial charge in [-0.3, -0.25) is 0 Å². The van der Waals surface area contributed by atoms with E-state index < -0.39 is 30.6 Å². The third kappa shape index (κ3) is 4.30. The molecular weight excluding hydrogens is 381 g/mol. The van der Waals surface area contributed by atoms with E-state index in [1.54, 1.807) is 6.92 Å². The Hall–Kier alpha value is -0.415. The molecule has 0 heterocycles. The Bertz CT molecular complexity index is 322. The molecule has 0 amide bonds. The van der Waals surface area contributed by atoms with E-state index in [1.807, 2.05) is 30.3 Å². The Kier molecular flexibility index (Phi) is 4.73. The Morgan fingerprint density at radius 1 is 1.47 bits per heavy atom. The molecular formula is C11H14HgO3. The molecule has 0 fully saturated rings. The summed E-state index contributed by atoms with van der Waals surface area (Å²) < 4.78 is 5.64. The number of carbonyl (C=O) groups is 1. The molecule has 1 aromatic rings. The first-order chi connectivity index (χ1) is 7.02. The van der Waals surface area contributed by atoms with E-state index in [-0.39, 0.29) is 5.97 Å². The molecule has 0 aliphatic rings. The Labute approximate surface area is 103 Å². The second kappa shape index (κ2) is 5.61. The van der Waals surface area contributed by atoms with Crippen LogP contribution in [-0.2, 0) is 38.1 Å². The molecule has 0 saturated carbocycles. The maximum absolute atomic E-state index is 10.6. The first-order valence-corrected chi connectivity index (χ1v) is 11.1. The summed E-state index contributed by atoms with van der Waals surface area (Å²) in [6, 6.07) is 9.48. The minimum atomic E-state index is -1.71. The van der Waals surface area contributed by atoms with Crippen LogP contribution >= 0.6 is 0 Å². The van der Waals surface area contributed by atoms with Gasteiger partial charge in [0.25, 0.3) is 0 Å². The fraction of sp³-hybridized carbons (Fsp3) is 0.364. The quantitative estimate of drug-likeness (QED) is 0.793. The molecule has 1 unspecified atom stereocenters. The Balaban J connectivity index is 2.56. The molecule has 0 spiro atoms. The summed E-state index contributed by atoms with van der Waals surface area (Å²) in [7, 11) is 0. The van der Waals surface area contributed by atoms with E-state index in [2.05, 4.69) is 0 Å². The zero-order valence-electron chi connectivity index (χ0n) is 9.06. The van der Waals surface area contributed by atoms with E-state index in [1.165, 1.54) is 6.92 Å². The van der Waals surface area contributed by atoms with Crippen LogP contribution in [0.2, 0.25) is 3.93 Å². The van der Waals surface area contributed by atoms with Crippen LogP contribution in [0.5, 0.6) is 0 Å². The number of hydrogen-bond acceptors (Lipinski definition) is 3. The van der Waals surface area contributed by atoms with E-state index in [0.29, 0.717) is 3.93 Å². The normalized spacial score (nSPS) is 13.8. The van der Waals surface area contributed by atoms with Crippen molar-refractivity contribution in [1.82, 2.24) is 0 Å². The van der Waals surface area contributed by atoms with Crippen LogP contribution in [0.3, 0.4) is 0 Å². The van der Waals surface area contributed by atoms with E-state index in [4.69, 9.17) is 2.64 Å². The van der Waals surface area contributed by atoms with Crippen LogP contribution in [0.4, 0.5) is 0 Å². The average molecular weight is 395 g/mol. The van der Waals surface area contributed by atoms with Gasteiger partial charge < -0.3 is 0 Å². The van der Waals surface area contributed by atoms with Gasteiger partial charge in [0.1, 0.15) is 0 Å². The van der Waals surface area contributed by atoms with Crippen LogP contribution in [0, 0.1) is 0 Å². The molecule has 1 atom stereocenters. The molecule has 15 heavy (non-hydrogen) atoms. The van der Waals surface area contributed by atoms with Crippen molar-refractivity contribution in [2.24, 2.45) is 0 Å². The summed E-state index contributed by atoms with van der Waals surface area (Å²) >= 11 is -1.71. The van der Waals surface area contributed by atoms with Gasteiger partial charge in [-0.25, -0.2) is 0 Å². The molecule has 78 valence electrons. The molecule has 4 heteroatoms. The number of hydrogen-bond donors (Lipinski definition) is 1. The molecule has 1 aromatic carbocycles. The molecule has 0 aliphatic carbocycles. The summed E-state index contributed by atoms with van der Waals surface area (Å²) in [6.45, 7) is 3.18. The van der Waals surface area contributed by atoms with Crippen molar-refractivity contribution in [2.75, 3.05) is 0 Å². The van der Waals surface area contributed by atoms with Crippen molar-refractivity contribution >= 4 is 5.97 Å². The fourth-order valence-corrected chi connectivity index (χ4v) is 5.52. The first kappa shape index (κ1) is 12.7. The third-order valence-electron chi connectivity index (χ3n) is 2.29. The van der Waals surface area contributed by atoms with Crippen molar-refractivity contribution in [3.05, 3.63) is 35.9 Å². The summed E-state index contributed by atoms with van der Waals surface area (Å²) in [5.41, 5.74) is 0.0373. The number of rotatable bonds is 4. The summed E-state index contributed by atoms with van der Waals surface area (Å²) in [6.07, 6.45) is 0. The fourth-order valence-electron chi connectivity index (χ4n) is 1.34. The van der Waals surface area contributed by atoms with Crippen LogP contribution in [0.1, 0.15) is 19.4 Å². The van der Waals surface area contributed by atoms with Crippen molar-refractivity contribution in [1.29, 1.82) is 0 Å². The molecule has 3 nitrogen and oxygen atoms in total. The zero-order chi connectivity index (χ0) is 11.3. The Morgan fingerprint density at radius 2 is 2.07 bits per heavy atom. The van der Waals surface area contributed by atoms with Crippen molar-refractivity contribution < 1.29 is 37.6 Å². The predicted molar refractivity (Wildman–Crippen MR) is 52.6 cm³/mol. The van der Waals surface area contributed by atoms with Crippen molar-refractivity contribution in [3.8, 4) is 0 Å². The van der Waals surface area contributed by atoms with Crippen LogP contribution < -0.4 is 0 Å². The third-order valence-corrected chi connectivity index (χ3v) is 9.24. The van der Waals surface area contributed by atoms with Gasteiger partial charge in [0.15, 0.2) is 0 Å². The second-order valence-electron chi connectivity index (χ2n) is 3.73. The topological polar surface area (TPSA) is 46.5 Å². The average Bonchev–Trinajstić information content (AvgIpc) is 2.18. The molecule has 1 N–H and O–H groups in total. The molecule has 0 saturated heterocycles. The second-order valence-corrected chi connectivity index (χ2v) is 8.38. The van der Waals surface area contributed by atoms with Crippen molar-refractivity contribution in [3.63, 3.8) is 0 Å². The monoisotopic (exact) mass is 396 g/mol. The van der Waals surface area contributed by atoms with Gasteiger partial charge in [0.05, 0.1) is 0 Å². The molecule has 1 rings (SSSR count). The Morgan fingerprint density at radius 3 is 2.60 bits per heavy atom. The first-order valence-electron chi connectivity index (χ1n) is 4.93. The van der Waals surface area contributed by atoms with Gasteiger partial charge in [0, 0.05) is 0 Å². The van der Waals surface area contributed by atoms with Crippen molar-refractivity contribution in [2.45, 2.75) is 23.4 Å². The zero-order valence-corrected chi connectivity index (χ0v) is 14.6. The van der Waals surface area contributed by atoms with Crippen LogP contribution in [0.25, 0.3) is 0 Å². The molecule has 0 radical (unpaired) electrons. The number of benzene rings is 1. The van der Waals surface area contributed by atoms with Gasteiger partial charge in [0.2, 0.25) is 0 Å².